The minimum Gasteiger partial charge on any atom is -0.324 e. The second-order valence-electron chi connectivity index (χ2n) is 5.43. The Hall–Kier alpha value is -1.88. The molecule has 106 valence electrons. The Morgan fingerprint density at radius 3 is 3.25 bits per heavy atom. The van der Waals surface area contributed by atoms with Crippen molar-refractivity contribution in [2.24, 2.45) is 5.92 Å². The van der Waals surface area contributed by atoms with Crippen LogP contribution in [0.5, 0.6) is 0 Å². The van der Waals surface area contributed by atoms with E-state index >= 15 is 0 Å². The van der Waals surface area contributed by atoms with Crippen LogP contribution in [0.2, 0.25) is 0 Å². The van der Waals surface area contributed by atoms with Gasteiger partial charge in [-0.25, -0.2) is 0 Å². The molecular weight excluding hydrogens is 252 g/mol. The number of piperidine rings is 1. The van der Waals surface area contributed by atoms with E-state index in [1.54, 1.807) is 6.20 Å². The van der Waals surface area contributed by atoms with Crippen LogP contribution in [0, 0.1) is 5.92 Å². The van der Waals surface area contributed by atoms with Crippen LogP contribution in [0.4, 0.5) is 5.69 Å². The molecule has 2 heterocycles. The van der Waals surface area contributed by atoms with E-state index < -0.39 is 0 Å². The van der Waals surface area contributed by atoms with Crippen molar-refractivity contribution >= 4 is 22.5 Å². The number of nitrogens with one attached hydrogen (secondary N) is 3. The van der Waals surface area contributed by atoms with E-state index in [4.69, 9.17) is 0 Å². The Morgan fingerprint density at radius 1 is 1.50 bits per heavy atom. The van der Waals surface area contributed by atoms with Crippen LogP contribution in [0.1, 0.15) is 26.2 Å². The van der Waals surface area contributed by atoms with Gasteiger partial charge in [0.15, 0.2) is 0 Å². The first-order valence-electron chi connectivity index (χ1n) is 7.24. The zero-order chi connectivity index (χ0) is 13.9. The number of hydrogen-bond donors (Lipinski definition) is 3. The Labute approximate surface area is 118 Å². The summed E-state index contributed by atoms with van der Waals surface area (Å²) in [5, 5.41) is 14.2. The molecule has 2 unspecified atom stereocenters. The van der Waals surface area contributed by atoms with Crippen molar-refractivity contribution in [3.8, 4) is 0 Å². The maximum absolute atomic E-state index is 12.4. The fourth-order valence-corrected chi connectivity index (χ4v) is 2.86. The highest BCUT2D eigenvalue weighted by Gasteiger charge is 2.26. The number of hydrogen-bond acceptors (Lipinski definition) is 3. The van der Waals surface area contributed by atoms with Gasteiger partial charge in [0, 0.05) is 5.39 Å². The minimum absolute atomic E-state index is 0.0526. The fourth-order valence-electron chi connectivity index (χ4n) is 2.86. The lowest BCUT2D eigenvalue weighted by atomic mass is 9.90. The fraction of sp³-hybridized carbons (Fsp3) is 0.467. The lowest BCUT2D eigenvalue weighted by molar-refractivity contribution is -0.119. The zero-order valence-electron chi connectivity index (χ0n) is 11.6. The molecule has 3 rings (SSSR count). The third kappa shape index (κ3) is 2.54. The van der Waals surface area contributed by atoms with Gasteiger partial charge in [0.1, 0.15) is 0 Å². The molecule has 0 aliphatic carbocycles. The van der Waals surface area contributed by atoms with Gasteiger partial charge in [-0.2, -0.15) is 5.10 Å². The molecule has 5 heteroatoms. The number of carbonyl (C=O) groups is 1. The number of carbonyl (C=O) groups excluding carboxylic acids is 1. The first-order valence-corrected chi connectivity index (χ1v) is 7.24. The Bertz CT molecular complexity index is 607. The second kappa shape index (κ2) is 5.63. The molecule has 0 radical (unpaired) electrons. The molecule has 5 nitrogen and oxygen atoms in total. The first kappa shape index (κ1) is 13.1. The highest BCUT2D eigenvalue weighted by Crippen LogP contribution is 2.23. The highest BCUT2D eigenvalue weighted by atomic mass is 16.2. The minimum atomic E-state index is -0.0872. The van der Waals surface area contributed by atoms with Crippen molar-refractivity contribution in [3.05, 3.63) is 24.4 Å². The number of fused-ring (bicyclic) bond motifs is 1. The summed E-state index contributed by atoms with van der Waals surface area (Å²) in [7, 11) is 0. The molecule has 20 heavy (non-hydrogen) atoms. The molecule has 3 N–H and O–H groups in total. The number of benzene rings is 1. The predicted molar refractivity (Wildman–Crippen MR) is 79.5 cm³/mol. The number of amides is 1. The van der Waals surface area contributed by atoms with E-state index in [2.05, 4.69) is 27.8 Å². The second-order valence-corrected chi connectivity index (χ2v) is 5.43. The van der Waals surface area contributed by atoms with Gasteiger partial charge in [0.2, 0.25) is 5.91 Å². The monoisotopic (exact) mass is 272 g/mol. The van der Waals surface area contributed by atoms with Gasteiger partial charge >= 0.3 is 0 Å². The standard InChI is InChI=1S/C15H20N4O/c1-2-10-6-7-16-14(8-10)15(20)18-12-4-3-5-13-11(12)9-17-19-13/h3-5,9-10,14,16H,2,6-8H2,1H3,(H,17,19)(H,18,20). The van der Waals surface area contributed by atoms with Crippen molar-refractivity contribution in [2.75, 3.05) is 11.9 Å². The van der Waals surface area contributed by atoms with Crippen LogP contribution in [-0.4, -0.2) is 28.7 Å². The van der Waals surface area contributed by atoms with Crippen molar-refractivity contribution in [1.82, 2.24) is 15.5 Å². The number of anilines is 1. The Morgan fingerprint density at radius 2 is 2.40 bits per heavy atom. The predicted octanol–water partition coefficient (Wildman–Crippen LogP) is 2.28. The molecular formula is C15H20N4O. The molecule has 1 saturated heterocycles. The molecule has 2 atom stereocenters. The molecule has 0 bridgehead atoms. The molecule has 1 amide bonds. The third-order valence-corrected chi connectivity index (χ3v) is 4.15. The number of rotatable bonds is 3. The third-order valence-electron chi connectivity index (χ3n) is 4.15. The topological polar surface area (TPSA) is 69.8 Å². The summed E-state index contributed by atoms with van der Waals surface area (Å²) >= 11 is 0. The van der Waals surface area contributed by atoms with E-state index in [1.807, 2.05) is 18.2 Å². The summed E-state index contributed by atoms with van der Waals surface area (Å²) in [6, 6.07) is 5.69. The Balaban J connectivity index is 1.74. The average molecular weight is 272 g/mol. The lowest BCUT2D eigenvalue weighted by Gasteiger charge is -2.28. The van der Waals surface area contributed by atoms with Crippen LogP contribution in [0.3, 0.4) is 0 Å². The van der Waals surface area contributed by atoms with Crippen LogP contribution < -0.4 is 10.6 Å². The van der Waals surface area contributed by atoms with Crippen LogP contribution in [0.25, 0.3) is 10.9 Å². The van der Waals surface area contributed by atoms with Crippen molar-refractivity contribution in [1.29, 1.82) is 0 Å². The van der Waals surface area contributed by atoms with E-state index in [1.165, 1.54) is 0 Å². The van der Waals surface area contributed by atoms with E-state index in [9.17, 15) is 4.79 Å². The molecule has 1 aliphatic rings. The maximum atomic E-state index is 12.4. The lowest BCUT2D eigenvalue weighted by Crippen LogP contribution is -2.46. The average Bonchev–Trinajstić information content (AvgIpc) is 2.97. The largest absolute Gasteiger partial charge is 0.324 e. The van der Waals surface area contributed by atoms with Gasteiger partial charge < -0.3 is 10.6 Å². The maximum Gasteiger partial charge on any atom is 0.241 e. The van der Waals surface area contributed by atoms with Gasteiger partial charge in [-0.05, 0) is 37.4 Å². The zero-order valence-corrected chi connectivity index (χ0v) is 11.6. The van der Waals surface area contributed by atoms with Crippen molar-refractivity contribution in [3.63, 3.8) is 0 Å². The SMILES string of the molecule is CCC1CCNC(C(=O)Nc2cccc3[nH]ncc23)C1. The van der Waals surface area contributed by atoms with E-state index in [0.29, 0.717) is 5.92 Å². The quantitative estimate of drug-likeness (QED) is 0.803. The van der Waals surface area contributed by atoms with Gasteiger partial charge in [0.25, 0.3) is 0 Å². The summed E-state index contributed by atoms with van der Waals surface area (Å²) in [5.41, 5.74) is 1.76. The molecule has 2 aromatic rings. The molecule has 0 saturated carbocycles. The van der Waals surface area contributed by atoms with Gasteiger partial charge in [-0.15, -0.1) is 0 Å². The molecule has 1 fully saturated rings. The summed E-state index contributed by atoms with van der Waals surface area (Å²) in [6.45, 7) is 3.11. The number of nitrogens with zero attached hydrogens (tertiary/aromatic N) is 1. The van der Waals surface area contributed by atoms with Crippen molar-refractivity contribution in [2.45, 2.75) is 32.2 Å². The van der Waals surface area contributed by atoms with Crippen molar-refractivity contribution < 1.29 is 4.79 Å². The van der Waals surface area contributed by atoms with Crippen LogP contribution in [-0.2, 0) is 4.79 Å². The van der Waals surface area contributed by atoms with Gasteiger partial charge in [0.05, 0.1) is 23.4 Å². The van der Waals surface area contributed by atoms with E-state index in [0.717, 1.165) is 42.4 Å². The highest BCUT2D eigenvalue weighted by molar-refractivity contribution is 6.02. The molecule has 1 aromatic heterocycles. The normalized spacial score (nSPS) is 22.9. The smallest absolute Gasteiger partial charge is 0.241 e. The Kier molecular flexibility index (Phi) is 3.69. The summed E-state index contributed by atoms with van der Waals surface area (Å²) < 4.78 is 0. The summed E-state index contributed by atoms with van der Waals surface area (Å²) in [6.07, 6.45) is 4.97. The first-order chi connectivity index (χ1) is 9.78. The van der Waals surface area contributed by atoms with E-state index in [-0.39, 0.29) is 11.9 Å². The number of H-pyrrole nitrogens is 1. The van der Waals surface area contributed by atoms with Gasteiger partial charge in [-0.1, -0.05) is 19.4 Å². The van der Waals surface area contributed by atoms with Crippen LogP contribution >= 0.6 is 0 Å². The van der Waals surface area contributed by atoms with Crippen LogP contribution in [0.15, 0.2) is 24.4 Å². The van der Waals surface area contributed by atoms with Gasteiger partial charge in [-0.3, -0.25) is 9.89 Å². The molecule has 1 aliphatic heterocycles. The number of aromatic amines is 1. The number of aromatic nitrogens is 2. The molecule has 0 spiro atoms. The molecule has 1 aromatic carbocycles. The summed E-state index contributed by atoms with van der Waals surface area (Å²) in [4.78, 5) is 12.4. The summed E-state index contributed by atoms with van der Waals surface area (Å²) in [5.74, 6) is 0.702.